The molecule has 1 atom stereocenters. The van der Waals surface area contributed by atoms with E-state index < -0.39 is 0 Å². The van der Waals surface area contributed by atoms with Crippen molar-refractivity contribution < 1.29 is 0 Å². The van der Waals surface area contributed by atoms with Gasteiger partial charge in [0, 0.05) is 25.0 Å². The molecule has 0 saturated carbocycles. The molecule has 0 bridgehead atoms. The second-order valence-corrected chi connectivity index (χ2v) is 4.89. The predicted octanol–water partition coefficient (Wildman–Crippen LogP) is 3.48. The summed E-state index contributed by atoms with van der Waals surface area (Å²) in [6.45, 7) is 3.00. The summed E-state index contributed by atoms with van der Waals surface area (Å²) < 4.78 is 0. The van der Waals surface area contributed by atoms with Crippen LogP contribution in [0.15, 0.2) is 60.9 Å². The molecule has 0 fully saturated rings. The highest BCUT2D eigenvalue weighted by atomic mass is 14.9. The van der Waals surface area contributed by atoms with Crippen LogP contribution in [0.25, 0.3) is 11.0 Å². The molecule has 3 nitrogen and oxygen atoms in total. The van der Waals surface area contributed by atoms with E-state index in [1.165, 1.54) is 11.1 Å². The highest BCUT2D eigenvalue weighted by Gasteiger charge is 2.04. The van der Waals surface area contributed by atoms with Crippen molar-refractivity contribution in [3.8, 4) is 0 Å². The van der Waals surface area contributed by atoms with Crippen molar-refractivity contribution >= 4 is 11.0 Å². The van der Waals surface area contributed by atoms with Crippen LogP contribution in [0.4, 0.5) is 0 Å². The van der Waals surface area contributed by atoms with E-state index in [1.54, 1.807) is 12.4 Å². The molecular weight excluding hydrogens is 246 g/mol. The van der Waals surface area contributed by atoms with Gasteiger partial charge in [0.15, 0.2) is 0 Å². The van der Waals surface area contributed by atoms with Crippen molar-refractivity contribution in [2.45, 2.75) is 19.5 Å². The van der Waals surface area contributed by atoms with Gasteiger partial charge in [-0.3, -0.25) is 9.97 Å². The lowest BCUT2D eigenvalue weighted by molar-refractivity contribution is 0.575. The number of rotatable bonds is 4. The average Bonchev–Trinajstić information content (AvgIpc) is 2.53. The van der Waals surface area contributed by atoms with Gasteiger partial charge in [0.25, 0.3) is 0 Å². The van der Waals surface area contributed by atoms with Crippen molar-refractivity contribution in [3.05, 3.63) is 72.1 Å². The van der Waals surface area contributed by atoms with Crippen LogP contribution in [-0.4, -0.2) is 9.97 Å². The lowest BCUT2D eigenvalue weighted by atomic mass is 10.1. The Bertz CT molecular complexity index is 695. The Labute approximate surface area is 118 Å². The van der Waals surface area contributed by atoms with E-state index in [0.717, 1.165) is 17.6 Å². The fourth-order valence-electron chi connectivity index (χ4n) is 2.25. The molecule has 0 radical (unpaired) electrons. The third-order valence-corrected chi connectivity index (χ3v) is 3.45. The molecule has 0 aliphatic carbocycles. The van der Waals surface area contributed by atoms with E-state index >= 15 is 0 Å². The highest BCUT2D eigenvalue weighted by Crippen LogP contribution is 2.14. The lowest BCUT2D eigenvalue weighted by Gasteiger charge is -2.14. The molecule has 0 aliphatic rings. The summed E-state index contributed by atoms with van der Waals surface area (Å²) >= 11 is 0. The van der Waals surface area contributed by atoms with E-state index in [4.69, 9.17) is 0 Å². The van der Waals surface area contributed by atoms with Crippen LogP contribution in [0.3, 0.4) is 0 Å². The molecule has 3 rings (SSSR count). The third kappa shape index (κ3) is 2.83. The number of hydrogen-bond acceptors (Lipinski definition) is 3. The summed E-state index contributed by atoms with van der Waals surface area (Å²) in [7, 11) is 0. The van der Waals surface area contributed by atoms with Gasteiger partial charge in [-0.15, -0.1) is 0 Å². The largest absolute Gasteiger partial charge is 0.306 e. The van der Waals surface area contributed by atoms with Crippen LogP contribution < -0.4 is 5.32 Å². The normalized spacial score (nSPS) is 12.4. The fourth-order valence-corrected chi connectivity index (χ4v) is 2.25. The molecule has 0 saturated heterocycles. The average molecular weight is 263 g/mol. The Kier molecular flexibility index (Phi) is 3.70. The number of aromatic nitrogens is 2. The molecule has 3 heteroatoms. The summed E-state index contributed by atoms with van der Waals surface area (Å²) in [4.78, 5) is 8.62. The predicted molar refractivity (Wildman–Crippen MR) is 81.2 cm³/mol. The van der Waals surface area contributed by atoms with Crippen LogP contribution in [0.2, 0.25) is 0 Å². The maximum absolute atomic E-state index is 4.34. The minimum Gasteiger partial charge on any atom is -0.306 e. The molecule has 0 unspecified atom stereocenters. The summed E-state index contributed by atoms with van der Waals surface area (Å²) in [6, 6.07) is 17.0. The molecule has 2 aromatic carbocycles. The van der Waals surface area contributed by atoms with E-state index in [0.29, 0.717) is 6.04 Å². The van der Waals surface area contributed by atoms with Gasteiger partial charge >= 0.3 is 0 Å². The number of fused-ring (bicyclic) bond motifs is 1. The summed E-state index contributed by atoms with van der Waals surface area (Å²) in [5.41, 5.74) is 4.40. The molecule has 100 valence electrons. The maximum Gasteiger partial charge on any atom is 0.0890 e. The first-order valence-electron chi connectivity index (χ1n) is 6.81. The maximum atomic E-state index is 4.34. The van der Waals surface area contributed by atoms with Crippen molar-refractivity contribution in [3.63, 3.8) is 0 Å². The van der Waals surface area contributed by atoms with Gasteiger partial charge < -0.3 is 5.32 Å². The summed E-state index contributed by atoms with van der Waals surface area (Å²) in [6.07, 6.45) is 3.45. The Morgan fingerprint density at radius 1 is 0.950 bits per heavy atom. The Morgan fingerprint density at radius 2 is 1.70 bits per heavy atom. The molecule has 0 spiro atoms. The van der Waals surface area contributed by atoms with Gasteiger partial charge in [-0.1, -0.05) is 36.4 Å². The first-order chi connectivity index (χ1) is 9.83. The smallest absolute Gasteiger partial charge is 0.0890 e. The van der Waals surface area contributed by atoms with Gasteiger partial charge in [0.05, 0.1) is 11.0 Å². The molecule has 3 aromatic rings. The Balaban J connectivity index is 1.70. The standard InChI is InChI=1S/C17H17N3/c1-13(15-5-3-2-4-6-15)20-12-14-7-8-16-17(11-14)19-10-9-18-16/h2-11,13,20H,12H2,1H3/t13-/m0/s1. The number of hydrogen-bond donors (Lipinski definition) is 1. The number of nitrogens with zero attached hydrogens (tertiary/aromatic N) is 2. The van der Waals surface area contributed by atoms with Crippen LogP contribution in [0, 0.1) is 0 Å². The number of benzene rings is 2. The SMILES string of the molecule is C[C@H](NCc1ccc2nccnc2c1)c1ccccc1. The molecule has 1 aromatic heterocycles. The van der Waals surface area contributed by atoms with Gasteiger partial charge in [0.1, 0.15) is 0 Å². The molecular formula is C17H17N3. The third-order valence-electron chi connectivity index (χ3n) is 3.45. The van der Waals surface area contributed by atoms with Crippen molar-refractivity contribution in [1.29, 1.82) is 0 Å². The van der Waals surface area contributed by atoms with E-state index in [1.807, 2.05) is 12.1 Å². The summed E-state index contributed by atoms with van der Waals surface area (Å²) in [5, 5.41) is 3.53. The molecule has 1 N–H and O–H groups in total. The van der Waals surface area contributed by atoms with Crippen molar-refractivity contribution in [2.24, 2.45) is 0 Å². The van der Waals surface area contributed by atoms with E-state index in [9.17, 15) is 0 Å². The minimum atomic E-state index is 0.328. The lowest BCUT2D eigenvalue weighted by Crippen LogP contribution is -2.17. The van der Waals surface area contributed by atoms with Crippen LogP contribution in [-0.2, 0) is 6.54 Å². The first-order valence-corrected chi connectivity index (χ1v) is 6.81. The van der Waals surface area contributed by atoms with Crippen LogP contribution >= 0.6 is 0 Å². The zero-order chi connectivity index (χ0) is 13.8. The molecule has 0 aliphatic heterocycles. The first kappa shape index (κ1) is 12.8. The summed E-state index contributed by atoms with van der Waals surface area (Å²) in [5.74, 6) is 0. The molecule has 1 heterocycles. The van der Waals surface area contributed by atoms with Crippen molar-refractivity contribution in [2.75, 3.05) is 0 Å². The topological polar surface area (TPSA) is 37.8 Å². The second-order valence-electron chi connectivity index (χ2n) is 4.89. The molecule has 0 amide bonds. The van der Waals surface area contributed by atoms with Gasteiger partial charge in [-0.2, -0.15) is 0 Å². The zero-order valence-electron chi connectivity index (χ0n) is 11.5. The van der Waals surface area contributed by atoms with E-state index in [-0.39, 0.29) is 0 Å². The quantitative estimate of drug-likeness (QED) is 0.783. The highest BCUT2D eigenvalue weighted by molar-refractivity contribution is 5.74. The molecule has 20 heavy (non-hydrogen) atoms. The fraction of sp³-hybridized carbons (Fsp3) is 0.176. The van der Waals surface area contributed by atoms with Crippen LogP contribution in [0.1, 0.15) is 24.1 Å². The van der Waals surface area contributed by atoms with Gasteiger partial charge in [0.2, 0.25) is 0 Å². The zero-order valence-corrected chi connectivity index (χ0v) is 11.5. The van der Waals surface area contributed by atoms with Gasteiger partial charge in [-0.25, -0.2) is 0 Å². The second kappa shape index (κ2) is 5.80. The van der Waals surface area contributed by atoms with Crippen LogP contribution in [0.5, 0.6) is 0 Å². The minimum absolute atomic E-state index is 0.328. The monoisotopic (exact) mass is 263 g/mol. The van der Waals surface area contributed by atoms with E-state index in [2.05, 4.69) is 58.6 Å². The Hall–Kier alpha value is -2.26. The number of nitrogens with one attached hydrogen (secondary N) is 1. The van der Waals surface area contributed by atoms with Gasteiger partial charge in [-0.05, 0) is 30.2 Å². The Morgan fingerprint density at radius 3 is 2.50 bits per heavy atom. The van der Waals surface area contributed by atoms with Crippen molar-refractivity contribution in [1.82, 2.24) is 15.3 Å².